The predicted molar refractivity (Wildman–Crippen MR) is 73.2 cm³/mol. The first-order valence-electron chi connectivity index (χ1n) is 5.18. The molecule has 0 saturated carbocycles. The van der Waals surface area contributed by atoms with Crippen LogP contribution in [-0.2, 0) is 6.42 Å². The van der Waals surface area contributed by atoms with Gasteiger partial charge < -0.3 is 10.4 Å². The molecule has 18 heavy (non-hydrogen) atoms. The van der Waals surface area contributed by atoms with Crippen molar-refractivity contribution < 1.29 is 9.90 Å². The van der Waals surface area contributed by atoms with Gasteiger partial charge in [-0.1, -0.05) is 0 Å². The Labute approximate surface area is 116 Å². The van der Waals surface area contributed by atoms with Crippen LogP contribution in [0.15, 0.2) is 28.3 Å². The van der Waals surface area contributed by atoms with Crippen LogP contribution < -0.4 is 5.32 Å². The highest BCUT2D eigenvalue weighted by Crippen LogP contribution is 2.22. The number of carboxylic acid groups (broad SMARTS) is 1. The van der Waals surface area contributed by atoms with Crippen LogP contribution in [-0.4, -0.2) is 27.6 Å². The van der Waals surface area contributed by atoms with Gasteiger partial charge in [-0.15, -0.1) is 11.3 Å². The Bertz CT molecular complexity index is 559. The zero-order valence-electron chi connectivity index (χ0n) is 9.26. The van der Waals surface area contributed by atoms with E-state index in [0.29, 0.717) is 12.4 Å². The lowest BCUT2D eigenvalue weighted by Gasteiger charge is -2.04. The first-order chi connectivity index (χ1) is 8.65. The summed E-state index contributed by atoms with van der Waals surface area (Å²) in [5, 5.41) is 11.8. The number of hydrogen-bond donors (Lipinski definition) is 2. The first-order valence-corrected chi connectivity index (χ1v) is 6.79. The minimum Gasteiger partial charge on any atom is -0.476 e. The molecule has 0 fully saturated rings. The zero-order valence-corrected chi connectivity index (χ0v) is 11.7. The molecule has 2 N–H and O–H groups in total. The van der Waals surface area contributed by atoms with E-state index in [1.54, 1.807) is 11.3 Å². The number of hydrogen-bond acceptors (Lipinski definition) is 5. The van der Waals surface area contributed by atoms with Gasteiger partial charge in [-0.25, -0.2) is 9.78 Å². The summed E-state index contributed by atoms with van der Waals surface area (Å²) >= 11 is 5.08. The van der Waals surface area contributed by atoms with Gasteiger partial charge in [0.25, 0.3) is 0 Å². The molecule has 5 nitrogen and oxygen atoms in total. The van der Waals surface area contributed by atoms with Gasteiger partial charge in [0.15, 0.2) is 5.69 Å². The quantitative estimate of drug-likeness (QED) is 0.883. The fourth-order valence-corrected chi connectivity index (χ4v) is 2.84. The smallest absolute Gasteiger partial charge is 0.356 e. The summed E-state index contributed by atoms with van der Waals surface area (Å²) < 4.78 is 1.10. The standard InChI is InChI=1S/C11H10BrN3O2S/c12-9-2-1-7(18-9)3-4-14-10-6-13-5-8(15-10)11(16)17/h1-2,5-6H,3-4H2,(H,14,15)(H,16,17). The molecule has 94 valence electrons. The molecule has 0 amide bonds. The second kappa shape index (κ2) is 5.92. The number of rotatable bonds is 5. The van der Waals surface area contributed by atoms with Crippen molar-refractivity contribution in [2.45, 2.75) is 6.42 Å². The molecule has 0 aromatic carbocycles. The maximum Gasteiger partial charge on any atom is 0.356 e. The van der Waals surface area contributed by atoms with Crippen molar-refractivity contribution in [3.8, 4) is 0 Å². The predicted octanol–water partition coefficient (Wildman–Crippen LogP) is 2.65. The lowest BCUT2D eigenvalue weighted by atomic mass is 10.3. The number of carboxylic acids is 1. The average Bonchev–Trinajstić information content (AvgIpc) is 2.75. The monoisotopic (exact) mass is 327 g/mol. The Morgan fingerprint density at radius 2 is 2.28 bits per heavy atom. The van der Waals surface area contributed by atoms with Gasteiger partial charge in [0, 0.05) is 11.4 Å². The van der Waals surface area contributed by atoms with Crippen LogP contribution in [0.5, 0.6) is 0 Å². The molecular formula is C11H10BrN3O2S. The van der Waals surface area contributed by atoms with Crippen LogP contribution in [0.4, 0.5) is 5.82 Å². The van der Waals surface area contributed by atoms with Gasteiger partial charge in [-0.05, 0) is 34.5 Å². The second-order valence-electron chi connectivity index (χ2n) is 3.48. The Hall–Kier alpha value is -1.47. The highest BCUT2D eigenvalue weighted by Gasteiger charge is 2.05. The fourth-order valence-electron chi connectivity index (χ4n) is 1.35. The molecule has 0 saturated heterocycles. The van der Waals surface area contributed by atoms with Gasteiger partial charge in [-0.2, -0.15) is 0 Å². The first kappa shape index (κ1) is 13.0. The maximum atomic E-state index is 10.7. The van der Waals surface area contributed by atoms with Crippen LogP contribution in [0.3, 0.4) is 0 Å². The molecule has 0 aliphatic heterocycles. The van der Waals surface area contributed by atoms with E-state index in [2.05, 4.69) is 37.3 Å². The van der Waals surface area contributed by atoms with Gasteiger partial charge in [-0.3, -0.25) is 4.98 Å². The number of halogens is 1. The van der Waals surface area contributed by atoms with Gasteiger partial charge in [0.2, 0.25) is 0 Å². The van der Waals surface area contributed by atoms with Crippen molar-refractivity contribution in [3.05, 3.63) is 38.9 Å². The number of anilines is 1. The van der Waals surface area contributed by atoms with Crippen molar-refractivity contribution in [2.75, 3.05) is 11.9 Å². The van der Waals surface area contributed by atoms with E-state index < -0.39 is 5.97 Å². The summed E-state index contributed by atoms with van der Waals surface area (Å²) in [7, 11) is 0. The molecule has 0 aliphatic rings. The molecule has 0 unspecified atom stereocenters. The number of aromatic carboxylic acids is 1. The fraction of sp³-hybridized carbons (Fsp3) is 0.182. The van der Waals surface area contributed by atoms with Crippen molar-refractivity contribution in [2.24, 2.45) is 0 Å². The van der Waals surface area contributed by atoms with Crippen LogP contribution in [0, 0.1) is 0 Å². The van der Waals surface area contributed by atoms with Crippen molar-refractivity contribution in [1.29, 1.82) is 0 Å². The molecule has 0 aliphatic carbocycles. The van der Waals surface area contributed by atoms with E-state index in [1.807, 2.05) is 6.07 Å². The Balaban J connectivity index is 1.90. The molecular weight excluding hydrogens is 318 g/mol. The molecule has 2 aromatic heterocycles. The van der Waals surface area contributed by atoms with E-state index in [0.717, 1.165) is 10.2 Å². The van der Waals surface area contributed by atoms with E-state index in [-0.39, 0.29) is 5.69 Å². The molecule has 2 heterocycles. The third kappa shape index (κ3) is 3.51. The van der Waals surface area contributed by atoms with E-state index in [4.69, 9.17) is 5.11 Å². The molecule has 0 atom stereocenters. The third-order valence-corrected chi connectivity index (χ3v) is 3.84. The number of nitrogens with zero attached hydrogens (tertiary/aromatic N) is 2. The number of nitrogens with one attached hydrogen (secondary N) is 1. The topological polar surface area (TPSA) is 75.1 Å². The summed E-state index contributed by atoms with van der Waals surface area (Å²) in [5.41, 5.74) is -0.0566. The summed E-state index contributed by atoms with van der Waals surface area (Å²) in [4.78, 5) is 19.7. The maximum absolute atomic E-state index is 10.7. The van der Waals surface area contributed by atoms with Crippen LogP contribution in [0.25, 0.3) is 0 Å². The molecule has 0 bridgehead atoms. The average molecular weight is 328 g/mol. The van der Waals surface area contributed by atoms with Crippen LogP contribution in [0.1, 0.15) is 15.4 Å². The number of carbonyl (C=O) groups is 1. The van der Waals surface area contributed by atoms with Crippen LogP contribution in [0.2, 0.25) is 0 Å². The molecule has 2 aromatic rings. The van der Waals surface area contributed by atoms with Gasteiger partial charge >= 0.3 is 5.97 Å². The van der Waals surface area contributed by atoms with E-state index in [1.165, 1.54) is 17.3 Å². The summed E-state index contributed by atoms with van der Waals surface area (Å²) in [5.74, 6) is -0.598. The molecule has 2 rings (SSSR count). The lowest BCUT2D eigenvalue weighted by Crippen LogP contribution is -2.09. The van der Waals surface area contributed by atoms with Crippen molar-refractivity contribution in [3.63, 3.8) is 0 Å². The lowest BCUT2D eigenvalue weighted by molar-refractivity contribution is 0.0690. The van der Waals surface area contributed by atoms with Gasteiger partial charge in [0.1, 0.15) is 5.82 Å². The minimum atomic E-state index is -1.08. The van der Waals surface area contributed by atoms with Crippen molar-refractivity contribution in [1.82, 2.24) is 9.97 Å². The summed E-state index contributed by atoms with van der Waals surface area (Å²) in [6.07, 6.45) is 3.59. The zero-order chi connectivity index (χ0) is 13.0. The third-order valence-electron chi connectivity index (χ3n) is 2.16. The van der Waals surface area contributed by atoms with Crippen molar-refractivity contribution >= 4 is 39.1 Å². The van der Waals surface area contributed by atoms with Crippen LogP contribution >= 0.6 is 27.3 Å². The Kier molecular flexibility index (Phi) is 4.27. The largest absolute Gasteiger partial charge is 0.476 e. The SMILES string of the molecule is O=C(O)c1cncc(NCCc2ccc(Br)s2)n1. The van der Waals surface area contributed by atoms with E-state index in [9.17, 15) is 4.79 Å². The molecule has 0 spiro atoms. The minimum absolute atomic E-state index is 0.0566. The highest BCUT2D eigenvalue weighted by atomic mass is 79.9. The molecule has 0 radical (unpaired) electrons. The normalized spacial score (nSPS) is 10.3. The van der Waals surface area contributed by atoms with E-state index >= 15 is 0 Å². The number of thiophene rings is 1. The molecule has 7 heteroatoms. The highest BCUT2D eigenvalue weighted by molar-refractivity contribution is 9.11. The summed E-state index contributed by atoms with van der Waals surface area (Å²) in [6.45, 7) is 0.685. The Morgan fingerprint density at radius 1 is 1.44 bits per heavy atom. The number of aromatic nitrogens is 2. The second-order valence-corrected chi connectivity index (χ2v) is 6.02. The summed E-state index contributed by atoms with van der Waals surface area (Å²) in [6, 6.07) is 4.06. The Morgan fingerprint density at radius 3 is 2.94 bits per heavy atom. The van der Waals surface area contributed by atoms with Gasteiger partial charge in [0.05, 0.1) is 16.2 Å².